The molecule has 0 spiro atoms. The third-order valence-corrected chi connectivity index (χ3v) is 2.42. The van der Waals surface area contributed by atoms with E-state index in [-0.39, 0.29) is 0 Å². The van der Waals surface area contributed by atoms with E-state index in [1.165, 1.54) is 0 Å². The lowest BCUT2D eigenvalue weighted by Crippen LogP contribution is -2.41. The van der Waals surface area contributed by atoms with Gasteiger partial charge in [0.25, 0.3) is 6.43 Å². The van der Waals surface area contributed by atoms with Gasteiger partial charge in [-0.2, -0.15) is 17.6 Å². The first kappa shape index (κ1) is 15.8. The first-order valence-corrected chi connectivity index (χ1v) is 4.75. The Kier molecular flexibility index (Phi) is 4.91. The fraction of sp³-hybridized carbons (Fsp3) is 1.00. The normalized spacial score (nSPS) is 17.6. The van der Waals surface area contributed by atoms with E-state index in [9.17, 15) is 30.7 Å². The summed E-state index contributed by atoms with van der Waals surface area (Å²) < 4.78 is 87.1. The molecule has 0 saturated heterocycles. The second-order valence-corrected chi connectivity index (χ2v) is 3.95. The number of hydrogen-bond acceptors (Lipinski definition) is 0. The minimum Gasteiger partial charge on any atom is -0.220 e. The van der Waals surface area contributed by atoms with Gasteiger partial charge in [-0.1, -0.05) is 18.5 Å². The van der Waals surface area contributed by atoms with Crippen LogP contribution in [0.2, 0.25) is 0 Å². The molecule has 0 aliphatic rings. The van der Waals surface area contributed by atoms with E-state index in [0.29, 0.717) is 0 Å². The molecule has 1 atom stereocenters. The standard InChI is InChI=1S/C8H10ClF7/c1-2-7(13,14)8(15,16)4-3-6(9,12)5(10)11/h5H,2-4H2,1H3. The van der Waals surface area contributed by atoms with Crippen molar-refractivity contribution >= 4 is 11.6 Å². The molecule has 16 heavy (non-hydrogen) atoms. The summed E-state index contributed by atoms with van der Waals surface area (Å²) in [5, 5.41) is -3.70. The van der Waals surface area contributed by atoms with Crippen molar-refractivity contribution in [1.29, 1.82) is 0 Å². The van der Waals surface area contributed by atoms with Crippen LogP contribution in [0.3, 0.4) is 0 Å². The van der Waals surface area contributed by atoms with Gasteiger partial charge in [0.2, 0.25) is 5.13 Å². The van der Waals surface area contributed by atoms with Crippen molar-refractivity contribution in [2.75, 3.05) is 0 Å². The topological polar surface area (TPSA) is 0 Å². The van der Waals surface area contributed by atoms with Crippen LogP contribution in [0.25, 0.3) is 0 Å². The Morgan fingerprint density at radius 3 is 1.69 bits per heavy atom. The molecular formula is C8H10ClF7. The summed E-state index contributed by atoms with van der Waals surface area (Å²) in [5.74, 6) is -8.91. The van der Waals surface area contributed by atoms with Crippen molar-refractivity contribution in [3.05, 3.63) is 0 Å². The van der Waals surface area contributed by atoms with Crippen LogP contribution < -0.4 is 0 Å². The summed E-state index contributed by atoms with van der Waals surface area (Å²) in [6.45, 7) is 0.810. The highest BCUT2D eigenvalue weighted by atomic mass is 35.5. The molecule has 0 aromatic carbocycles. The molecule has 0 aliphatic carbocycles. The number of alkyl halides is 8. The Morgan fingerprint density at radius 1 is 0.938 bits per heavy atom. The average Bonchev–Trinajstić information content (AvgIpc) is 2.14. The molecular weight excluding hydrogens is 265 g/mol. The Labute approximate surface area is 92.8 Å². The maximum absolute atomic E-state index is 12.8. The van der Waals surface area contributed by atoms with Crippen molar-refractivity contribution < 1.29 is 30.7 Å². The molecule has 0 N–H and O–H groups in total. The van der Waals surface area contributed by atoms with Crippen LogP contribution in [0.4, 0.5) is 30.7 Å². The molecule has 0 saturated carbocycles. The number of hydrogen-bond donors (Lipinski definition) is 0. The summed E-state index contributed by atoms with van der Waals surface area (Å²) in [5.41, 5.74) is 0. The van der Waals surface area contributed by atoms with E-state index in [0.717, 1.165) is 6.92 Å². The van der Waals surface area contributed by atoms with Crippen molar-refractivity contribution in [3.63, 3.8) is 0 Å². The van der Waals surface area contributed by atoms with Gasteiger partial charge in [0.1, 0.15) is 0 Å². The molecule has 0 heterocycles. The molecule has 0 radical (unpaired) electrons. The summed E-state index contributed by atoms with van der Waals surface area (Å²) in [6, 6.07) is 0. The van der Waals surface area contributed by atoms with E-state index in [2.05, 4.69) is 11.6 Å². The van der Waals surface area contributed by atoms with Gasteiger partial charge in [0, 0.05) is 19.3 Å². The van der Waals surface area contributed by atoms with Crippen LogP contribution in [0.1, 0.15) is 26.2 Å². The van der Waals surface area contributed by atoms with Crippen LogP contribution in [0, 0.1) is 0 Å². The van der Waals surface area contributed by atoms with Crippen molar-refractivity contribution in [2.45, 2.75) is 49.6 Å². The molecule has 8 heteroatoms. The fourth-order valence-corrected chi connectivity index (χ4v) is 0.969. The predicted octanol–water partition coefficient (Wildman–Crippen LogP) is 4.62. The molecule has 0 rings (SSSR count). The highest BCUT2D eigenvalue weighted by molar-refractivity contribution is 6.23. The molecule has 0 nitrogen and oxygen atoms in total. The highest BCUT2D eigenvalue weighted by Gasteiger charge is 2.55. The van der Waals surface area contributed by atoms with Gasteiger partial charge < -0.3 is 0 Å². The quantitative estimate of drug-likeness (QED) is 0.490. The lowest BCUT2D eigenvalue weighted by molar-refractivity contribution is -0.216. The van der Waals surface area contributed by atoms with Crippen LogP contribution in [-0.2, 0) is 0 Å². The monoisotopic (exact) mass is 274 g/mol. The molecule has 0 fully saturated rings. The molecule has 98 valence electrons. The largest absolute Gasteiger partial charge is 0.310 e. The molecule has 0 bridgehead atoms. The van der Waals surface area contributed by atoms with Crippen molar-refractivity contribution in [3.8, 4) is 0 Å². The zero-order valence-corrected chi connectivity index (χ0v) is 8.98. The second kappa shape index (κ2) is 4.98. The van der Waals surface area contributed by atoms with Gasteiger partial charge in [0.15, 0.2) is 0 Å². The van der Waals surface area contributed by atoms with Gasteiger partial charge in [-0.05, 0) is 0 Å². The minimum atomic E-state index is -4.55. The van der Waals surface area contributed by atoms with Crippen LogP contribution in [0.15, 0.2) is 0 Å². The highest BCUT2D eigenvalue weighted by Crippen LogP contribution is 2.43. The Hall–Kier alpha value is -0.200. The van der Waals surface area contributed by atoms with Crippen LogP contribution in [-0.4, -0.2) is 23.4 Å². The first-order chi connectivity index (χ1) is 6.96. The minimum absolute atomic E-state index is 0.810. The lowest BCUT2D eigenvalue weighted by Gasteiger charge is -2.27. The Balaban J connectivity index is 4.52. The molecule has 0 amide bonds. The second-order valence-electron chi connectivity index (χ2n) is 3.32. The smallest absolute Gasteiger partial charge is 0.220 e. The van der Waals surface area contributed by atoms with Crippen LogP contribution >= 0.6 is 11.6 Å². The number of rotatable bonds is 6. The van der Waals surface area contributed by atoms with E-state index >= 15 is 0 Å². The first-order valence-electron chi connectivity index (χ1n) is 4.38. The lowest BCUT2D eigenvalue weighted by atomic mass is 10.0. The van der Waals surface area contributed by atoms with Gasteiger partial charge in [-0.3, -0.25) is 0 Å². The van der Waals surface area contributed by atoms with Crippen molar-refractivity contribution in [1.82, 2.24) is 0 Å². The Morgan fingerprint density at radius 2 is 1.38 bits per heavy atom. The van der Waals surface area contributed by atoms with Gasteiger partial charge in [0.05, 0.1) is 0 Å². The molecule has 0 aromatic rings. The van der Waals surface area contributed by atoms with E-state index in [1.807, 2.05) is 0 Å². The zero-order valence-electron chi connectivity index (χ0n) is 8.22. The summed E-state index contributed by atoms with van der Waals surface area (Å²) >= 11 is 4.58. The van der Waals surface area contributed by atoms with E-state index in [4.69, 9.17) is 0 Å². The summed E-state index contributed by atoms with van der Waals surface area (Å²) in [4.78, 5) is 0. The fourth-order valence-electron chi connectivity index (χ4n) is 0.874. The summed E-state index contributed by atoms with van der Waals surface area (Å²) in [6.07, 6.45) is -8.16. The molecule has 0 aromatic heterocycles. The Bertz CT molecular complexity index is 226. The van der Waals surface area contributed by atoms with E-state index in [1.54, 1.807) is 0 Å². The van der Waals surface area contributed by atoms with Gasteiger partial charge in [-0.15, -0.1) is 0 Å². The predicted molar refractivity (Wildman–Crippen MR) is 45.1 cm³/mol. The van der Waals surface area contributed by atoms with Gasteiger partial charge in [-0.25, -0.2) is 13.2 Å². The summed E-state index contributed by atoms with van der Waals surface area (Å²) in [7, 11) is 0. The van der Waals surface area contributed by atoms with E-state index < -0.39 is 42.7 Å². The molecule has 0 aliphatic heterocycles. The van der Waals surface area contributed by atoms with Crippen LogP contribution in [0.5, 0.6) is 0 Å². The third kappa shape index (κ3) is 3.68. The average molecular weight is 275 g/mol. The van der Waals surface area contributed by atoms with Crippen molar-refractivity contribution in [2.24, 2.45) is 0 Å². The SMILES string of the molecule is CCC(F)(F)C(F)(F)CCC(F)(Cl)C(F)F. The van der Waals surface area contributed by atoms with Gasteiger partial charge >= 0.3 is 11.8 Å². The maximum atomic E-state index is 12.8. The molecule has 1 unspecified atom stereocenters. The third-order valence-electron chi connectivity index (χ3n) is 2.07. The zero-order chi connectivity index (χ0) is 13.2. The maximum Gasteiger partial charge on any atom is 0.310 e. The number of halogens is 8.